The summed E-state index contributed by atoms with van der Waals surface area (Å²) in [6.45, 7) is 3.51. The van der Waals surface area contributed by atoms with Gasteiger partial charge in [0, 0.05) is 12.5 Å². The third-order valence-electron chi connectivity index (χ3n) is 2.70. The summed E-state index contributed by atoms with van der Waals surface area (Å²) < 4.78 is 11.2. The minimum absolute atomic E-state index is 0.246. The standard InChI is InChI=1S/C13H19NO2/c1-10(14)3-4-11-5-6-12-13(9-11)16-8-2-7-15-12/h5-6,9-10H,2-4,7-8,14H2,1H3. The van der Waals surface area contributed by atoms with Crippen molar-refractivity contribution in [3.8, 4) is 11.5 Å². The quantitative estimate of drug-likeness (QED) is 0.850. The number of hydrogen-bond acceptors (Lipinski definition) is 3. The van der Waals surface area contributed by atoms with E-state index in [4.69, 9.17) is 15.2 Å². The van der Waals surface area contributed by atoms with Gasteiger partial charge in [-0.15, -0.1) is 0 Å². The van der Waals surface area contributed by atoms with E-state index in [9.17, 15) is 0 Å². The highest BCUT2D eigenvalue weighted by Gasteiger charge is 2.10. The van der Waals surface area contributed by atoms with Crippen LogP contribution in [0.1, 0.15) is 25.3 Å². The summed E-state index contributed by atoms with van der Waals surface area (Å²) in [4.78, 5) is 0. The van der Waals surface area contributed by atoms with Crippen LogP contribution in [0.4, 0.5) is 0 Å². The van der Waals surface area contributed by atoms with Gasteiger partial charge in [0.1, 0.15) is 0 Å². The van der Waals surface area contributed by atoms with Gasteiger partial charge in [0.2, 0.25) is 0 Å². The Balaban J connectivity index is 2.08. The molecule has 0 aromatic heterocycles. The molecule has 1 aromatic rings. The van der Waals surface area contributed by atoms with E-state index in [0.717, 1.165) is 44.0 Å². The third kappa shape index (κ3) is 2.89. The molecule has 0 fully saturated rings. The van der Waals surface area contributed by atoms with E-state index >= 15 is 0 Å². The van der Waals surface area contributed by atoms with Crippen LogP contribution in [0, 0.1) is 0 Å². The molecule has 0 saturated carbocycles. The molecule has 0 saturated heterocycles. The van der Waals surface area contributed by atoms with Gasteiger partial charge in [-0.05, 0) is 37.5 Å². The predicted octanol–water partition coefficient (Wildman–Crippen LogP) is 2.13. The minimum atomic E-state index is 0.246. The molecule has 0 spiro atoms. The number of ether oxygens (including phenoxy) is 2. The molecule has 1 unspecified atom stereocenters. The lowest BCUT2D eigenvalue weighted by molar-refractivity contribution is 0.297. The van der Waals surface area contributed by atoms with Crippen molar-refractivity contribution >= 4 is 0 Å². The number of rotatable bonds is 3. The second-order valence-electron chi connectivity index (χ2n) is 4.35. The SMILES string of the molecule is CC(N)CCc1ccc2c(c1)OCCCO2. The fraction of sp³-hybridized carbons (Fsp3) is 0.538. The van der Waals surface area contributed by atoms with Crippen LogP contribution in [0.2, 0.25) is 0 Å². The van der Waals surface area contributed by atoms with E-state index in [1.54, 1.807) is 0 Å². The summed E-state index contributed by atoms with van der Waals surface area (Å²) in [6.07, 6.45) is 2.94. The molecule has 1 aliphatic rings. The fourth-order valence-corrected chi connectivity index (χ4v) is 1.76. The average molecular weight is 221 g/mol. The highest BCUT2D eigenvalue weighted by atomic mass is 16.5. The van der Waals surface area contributed by atoms with E-state index in [0.29, 0.717) is 0 Å². The highest BCUT2D eigenvalue weighted by molar-refractivity contribution is 5.43. The van der Waals surface area contributed by atoms with Gasteiger partial charge in [0.05, 0.1) is 13.2 Å². The molecule has 1 aliphatic heterocycles. The normalized spacial score (nSPS) is 16.6. The molecular formula is C13H19NO2. The van der Waals surface area contributed by atoms with Crippen LogP contribution >= 0.6 is 0 Å². The van der Waals surface area contributed by atoms with E-state index in [1.165, 1.54) is 5.56 Å². The highest BCUT2D eigenvalue weighted by Crippen LogP contribution is 2.30. The Hall–Kier alpha value is -1.22. The molecule has 1 heterocycles. The van der Waals surface area contributed by atoms with Crippen molar-refractivity contribution in [3.63, 3.8) is 0 Å². The zero-order valence-electron chi connectivity index (χ0n) is 9.74. The molecule has 2 rings (SSSR count). The molecule has 16 heavy (non-hydrogen) atoms. The zero-order valence-corrected chi connectivity index (χ0v) is 9.74. The largest absolute Gasteiger partial charge is 0.490 e. The lowest BCUT2D eigenvalue weighted by Gasteiger charge is -2.10. The van der Waals surface area contributed by atoms with E-state index in [1.807, 2.05) is 13.0 Å². The first-order chi connectivity index (χ1) is 7.75. The van der Waals surface area contributed by atoms with Gasteiger partial charge in [-0.3, -0.25) is 0 Å². The van der Waals surface area contributed by atoms with E-state index < -0.39 is 0 Å². The third-order valence-corrected chi connectivity index (χ3v) is 2.70. The van der Waals surface area contributed by atoms with Crippen molar-refractivity contribution in [1.29, 1.82) is 0 Å². The first-order valence-electron chi connectivity index (χ1n) is 5.90. The first-order valence-corrected chi connectivity index (χ1v) is 5.90. The number of fused-ring (bicyclic) bond motifs is 1. The summed E-state index contributed by atoms with van der Waals surface area (Å²) in [5, 5.41) is 0. The molecule has 3 nitrogen and oxygen atoms in total. The van der Waals surface area contributed by atoms with Crippen LogP contribution in [0.5, 0.6) is 11.5 Å². The van der Waals surface area contributed by atoms with Crippen molar-refractivity contribution < 1.29 is 9.47 Å². The Morgan fingerprint density at radius 3 is 2.75 bits per heavy atom. The zero-order chi connectivity index (χ0) is 11.4. The van der Waals surface area contributed by atoms with Gasteiger partial charge < -0.3 is 15.2 Å². The monoisotopic (exact) mass is 221 g/mol. The van der Waals surface area contributed by atoms with Gasteiger partial charge in [0.15, 0.2) is 11.5 Å². The maximum atomic E-state index is 5.75. The lowest BCUT2D eigenvalue weighted by Crippen LogP contribution is -2.15. The predicted molar refractivity (Wildman–Crippen MR) is 64.0 cm³/mol. The van der Waals surface area contributed by atoms with Crippen molar-refractivity contribution in [2.45, 2.75) is 32.2 Å². The molecule has 88 valence electrons. The van der Waals surface area contributed by atoms with Crippen molar-refractivity contribution in [2.75, 3.05) is 13.2 Å². The van der Waals surface area contributed by atoms with Gasteiger partial charge in [-0.1, -0.05) is 6.07 Å². The van der Waals surface area contributed by atoms with Crippen LogP contribution in [-0.4, -0.2) is 19.3 Å². The van der Waals surface area contributed by atoms with Crippen LogP contribution in [0.3, 0.4) is 0 Å². The number of nitrogens with two attached hydrogens (primary N) is 1. The fourth-order valence-electron chi connectivity index (χ4n) is 1.76. The summed E-state index contributed by atoms with van der Waals surface area (Å²) in [7, 11) is 0. The summed E-state index contributed by atoms with van der Waals surface area (Å²) in [5.74, 6) is 1.74. The molecule has 0 amide bonds. The summed E-state index contributed by atoms with van der Waals surface area (Å²) in [5.41, 5.74) is 7.01. The van der Waals surface area contributed by atoms with Gasteiger partial charge in [0.25, 0.3) is 0 Å². The van der Waals surface area contributed by atoms with Crippen LogP contribution in [0.25, 0.3) is 0 Å². The number of benzene rings is 1. The van der Waals surface area contributed by atoms with Gasteiger partial charge in [-0.25, -0.2) is 0 Å². The van der Waals surface area contributed by atoms with E-state index in [2.05, 4.69) is 12.1 Å². The Bertz CT molecular complexity index is 350. The summed E-state index contributed by atoms with van der Waals surface area (Å²) >= 11 is 0. The maximum Gasteiger partial charge on any atom is 0.161 e. The van der Waals surface area contributed by atoms with Crippen molar-refractivity contribution in [2.24, 2.45) is 5.73 Å². The van der Waals surface area contributed by atoms with Crippen molar-refractivity contribution in [3.05, 3.63) is 23.8 Å². The van der Waals surface area contributed by atoms with Gasteiger partial charge in [-0.2, -0.15) is 0 Å². The number of aryl methyl sites for hydroxylation is 1. The topological polar surface area (TPSA) is 44.5 Å². The van der Waals surface area contributed by atoms with Crippen LogP contribution in [0.15, 0.2) is 18.2 Å². The Labute approximate surface area is 96.5 Å². The smallest absolute Gasteiger partial charge is 0.161 e. The molecular weight excluding hydrogens is 202 g/mol. The second-order valence-corrected chi connectivity index (χ2v) is 4.35. The van der Waals surface area contributed by atoms with Gasteiger partial charge >= 0.3 is 0 Å². The second kappa shape index (κ2) is 5.21. The van der Waals surface area contributed by atoms with Crippen LogP contribution in [-0.2, 0) is 6.42 Å². The van der Waals surface area contributed by atoms with E-state index in [-0.39, 0.29) is 6.04 Å². The molecule has 3 heteroatoms. The Morgan fingerprint density at radius 1 is 1.25 bits per heavy atom. The lowest BCUT2D eigenvalue weighted by atomic mass is 10.1. The summed E-state index contributed by atoms with van der Waals surface area (Å²) in [6, 6.07) is 6.41. The average Bonchev–Trinajstić information content (AvgIpc) is 2.50. The van der Waals surface area contributed by atoms with Crippen LogP contribution < -0.4 is 15.2 Å². The minimum Gasteiger partial charge on any atom is -0.490 e. The Morgan fingerprint density at radius 2 is 2.00 bits per heavy atom. The Kier molecular flexibility index (Phi) is 3.67. The molecule has 1 atom stereocenters. The molecule has 2 N–H and O–H groups in total. The van der Waals surface area contributed by atoms with Crippen molar-refractivity contribution in [1.82, 2.24) is 0 Å². The molecule has 0 aliphatic carbocycles. The maximum absolute atomic E-state index is 5.75. The number of hydrogen-bond donors (Lipinski definition) is 1. The molecule has 0 radical (unpaired) electrons. The molecule has 1 aromatic carbocycles. The molecule has 0 bridgehead atoms. The first kappa shape index (κ1) is 11.3.